The molecule has 1 saturated heterocycles. The molecule has 0 aromatic heterocycles. The molecule has 17 heteroatoms. The number of benzene rings is 1. The molecule has 1 aromatic carbocycles. The van der Waals surface area contributed by atoms with Gasteiger partial charge >= 0.3 is 39.4 Å². The highest BCUT2D eigenvalue weighted by atomic mass is 32.2. The van der Waals surface area contributed by atoms with Gasteiger partial charge in [0.05, 0.1) is 13.2 Å². The van der Waals surface area contributed by atoms with Crippen LogP contribution in [0.1, 0.15) is 12.5 Å². The Morgan fingerprint density at radius 3 is 2.20 bits per heavy atom. The highest BCUT2D eigenvalue weighted by Crippen LogP contribution is 2.55. The number of fused-ring (bicyclic) bond motifs is 1. The van der Waals surface area contributed by atoms with E-state index in [0.717, 1.165) is 6.07 Å². The molecule has 0 N–H and O–H groups in total. The third-order valence-corrected chi connectivity index (χ3v) is 6.49. The fourth-order valence-electron chi connectivity index (χ4n) is 3.59. The van der Waals surface area contributed by atoms with E-state index in [0.29, 0.717) is 17.7 Å². The molecule has 0 bridgehead atoms. The first-order chi connectivity index (χ1) is 15.8. The van der Waals surface area contributed by atoms with Crippen LogP contribution >= 0.6 is 0 Å². The molecule has 2 aliphatic heterocycles. The Balaban J connectivity index is 1.74. The monoisotopic (exact) mass is 545 g/mol. The van der Waals surface area contributed by atoms with Crippen LogP contribution in [0.15, 0.2) is 18.2 Å². The van der Waals surface area contributed by atoms with Gasteiger partial charge in [-0.15, -0.1) is 0 Å². The van der Waals surface area contributed by atoms with Crippen LogP contribution in [0.2, 0.25) is 0 Å². The maximum absolute atomic E-state index is 13.8. The lowest BCUT2D eigenvalue weighted by Gasteiger charge is -2.46. The summed E-state index contributed by atoms with van der Waals surface area (Å²) < 4.78 is 155. The van der Waals surface area contributed by atoms with Crippen molar-refractivity contribution in [3.63, 3.8) is 0 Å². The number of carbonyl (C=O) groups is 1. The predicted molar refractivity (Wildman–Crippen MR) is 97.0 cm³/mol. The molecule has 198 valence electrons. The molecule has 3 rings (SSSR count). The van der Waals surface area contributed by atoms with Gasteiger partial charge in [-0.05, 0) is 18.6 Å². The molecule has 0 atom stereocenters. The summed E-state index contributed by atoms with van der Waals surface area (Å²) >= 11 is 0. The first-order valence-electron chi connectivity index (χ1n) is 9.63. The van der Waals surface area contributed by atoms with E-state index in [1.807, 2.05) is 0 Å². The Bertz CT molecular complexity index is 1100. The minimum absolute atomic E-state index is 0.0479. The van der Waals surface area contributed by atoms with Crippen molar-refractivity contribution in [2.24, 2.45) is 0 Å². The van der Waals surface area contributed by atoms with E-state index in [-0.39, 0.29) is 38.4 Å². The first kappa shape index (κ1) is 27.2. The van der Waals surface area contributed by atoms with Crippen molar-refractivity contribution in [2.45, 2.75) is 42.2 Å². The van der Waals surface area contributed by atoms with Crippen molar-refractivity contribution < 1.29 is 66.4 Å². The van der Waals surface area contributed by atoms with E-state index in [1.165, 1.54) is 0 Å². The van der Waals surface area contributed by atoms with E-state index in [4.69, 9.17) is 9.47 Å². The fourth-order valence-corrected chi connectivity index (χ4v) is 4.49. The largest absolute Gasteiger partial charge is 0.484 e. The molecule has 2 aliphatic rings. The van der Waals surface area contributed by atoms with Gasteiger partial charge in [0.2, 0.25) is 0 Å². The van der Waals surface area contributed by atoms with Gasteiger partial charge in [0.25, 0.3) is 0 Å². The SMILES string of the molecule is CCOC(=O)CN1CC2(Cc3ccc(OS(=O)(=O)C(F)(F)C(F)(F)C(F)(F)C(F)(F)F)cc3O2)C1. The second-order valence-electron chi connectivity index (χ2n) is 7.88. The van der Waals surface area contributed by atoms with Crippen LogP contribution in [0.25, 0.3) is 0 Å². The Labute approximate surface area is 191 Å². The van der Waals surface area contributed by atoms with Crippen molar-refractivity contribution in [3.8, 4) is 11.5 Å². The Morgan fingerprint density at radius 1 is 1.06 bits per heavy atom. The van der Waals surface area contributed by atoms with Crippen LogP contribution in [0, 0.1) is 0 Å². The molecule has 7 nitrogen and oxygen atoms in total. The number of esters is 1. The van der Waals surface area contributed by atoms with Gasteiger partial charge in [0.1, 0.15) is 17.1 Å². The van der Waals surface area contributed by atoms with E-state index in [2.05, 4.69) is 4.18 Å². The highest BCUT2D eigenvalue weighted by Gasteiger charge is 2.86. The molecular formula is C18H16F9NO6S. The highest BCUT2D eigenvalue weighted by molar-refractivity contribution is 7.88. The average Bonchev–Trinajstić information content (AvgIpc) is 3.05. The number of ether oxygens (including phenoxy) is 2. The summed E-state index contributed by atoms with van der Waals surface area (Å²) in [6.07, 6.45) is -6.96. The number of rotatable bonds is 8. The maximum atomic E-state index is 13.8. The molecule has 1 spiro atoms. The summed E-state index contributed by atoms with van der Waals surface area (Å²) in [4.78, 5) is 13.2. The normalized spacial score (nSPS) is 18.6. The van der Waals surface area contributed by atoms with E-state index < -0.39 is 50.7 Å². The van der Waals surface area contributed by atoms with Crippen LogP contribution < -0.4 is 8.92 Å². The summed E-state index contributed by atoms with van der Waals surface area (Å²) in [5.74, 6) is -16.5. The zero-order valence-corrected chi connectivity index (χ0v) is 18.3. The van der Waals surface area contributed by atoms with Crippen LogP contribution in [-0.4, -0.2) is 74.4 Å². The zero-order valence-electron chi connectivity index (χ0n) is 17.5. The van der Waals surface area contributed by atoms with Gasteiger partial charge in [-0.3, -0.25) is 9.69 Å². The van der Waals surface area contributed by atoms with E-state index >= 15 is 0 Å². The Morgan fingerprint density at radius 2 is 1.66 bits per heavy atom. The number of hydrogen-bond donors (Lipinski definition) is 0. The lowest BCUT2D eigenvalue weighted by atomic mass is 9.89. The summed E-state index contributed by atoms with van der Waals surface area (Å²) in [7, 11) is -7.06. The van der Waals surface area contributed by atoms with E-state index in [1.54, 1.807) is 11.8 Å². The minimum Gasteiger partial charge on any atom is -0.484 e. The van der Waals surface area contributed by atoms with Gasteiger partial charge in [-0.1, -0.05) is 6.07 Å². The molecule has 0 unspecified atom stereocenters. The number of hydrogen-bond acceptors (Lipinski definition) is 7. The Hall–Kier alpha value is -2.43. The number of alkyl halides is 9. The quantitative estimate of drug-likeness (QED) is 0.282. The molecule has 0 saturated carbocycles. The van der Waals surface area contributed by atoms with Crippen LogP contribution in [-0.2, 0) is 26.1 Å². The van der Waals surface area contributed by atoms with Gasteiger partial charge in [0, 0.05) is 25.6 Å². The lowest BCUT2D eigenvalue weighted by molar-refractivity contribution is -0.382. The average molecular weight is 545 g/mol. The third-order valence-electron chi connectivity index (χ3n) is 5.20. The molecule has 2 heterocycles. The molecule has 35 heavy (non-hydrogen) atoms. The molecule has 1 fully saturated rings. The number of likely N-dealkylation sites (tertiary alicyclic amines) is 1. The van der Waals surface area contributed by atoms with Crippen molar-refractivity contribution in [2.75, 3.05) is 26.2 Å². The first-order valence-corrected chi connectivity index (χ1v) is 11.0. The number of nitrogens with zero attached hydrogens (tertiary/aromatic N) is 1. The van der Waals surface area contributed by atoms with Gasteiger partial charge < -0.3 is 13.7 Å². The molecule has 0 aliphatic carbocycles. The Kier molecular flexibility index (Phi) is 6.45. The number of halogens is 9. The van der Waals surface area contributed by atoms with Crippen molar-refractivity contribution in [1.29, 1.82) is 0 Å². The van der Waals surface area contributed by atoms with Gasteiger partial charge in [-0.2, -0.15) is 47.9 Å². The minimum atomic E-state index is -7.40. The standard InChI is InChI=1S/C18H16F9NO6S/c1-2-32-13(29)7-28-8-14(9-28)6-10-3-4-11(5-12(10)33-14)34-35(30,31)18(26,27)16(21,22)15(19,20)17(23,24)25/h3-5H,2,6-9H2,1H3. The topological polar surface area (TPSA) is 82.1 Å². The summed E-state index contributed by atoms with van der Waals surface area (Å²) in [6, 6.07) is 2.51. The summed E-state index contributed by atoms with van der Waals surface area (Å²) in [5, 5.41) is -6.97. The van der Waals surface area contributed by atoms with Crippen molar-refractivity contribution in [1.82, 2.24) is 4.90 Å². The number of carbonyl (C=O) groups excluding carboxylic acids is 1. The van der Waals surface area contributed by atoms with Crippen LogP contribution in [0.3, 0.4) is 0 Å². The van der Waals surface area contributed by atoms with Crippen LogP contribution in [0.4, 0.5) is 39.5 Å². The maximum Gasteiger partial charge on any atom is 0.460 e. The lowest BCUT2D eigenvalue weighted by Crippen LogP contribution is -2.65. The van der Waals surface area contributed by atoms with Crippen molar-refractivity contribution in [3.05, 3.63) is 23.8 Å². The molecule has 0 amide bonds. The van der Waals surface area contributed by atoms with E-state index in [9.17, 15) is 52.7 Å². The fraction of sp³-hybridized carbons (Fsp3) is 0.611. The zero-order chi connectivity index (χ0) is 26.7. The molecule has 0 radical (unpaired) electrons. The van der Waals surface area contributed by atoms with Gasteiger partial charge in [0.15, 0.2) is 0 Å². The second-order valence-corrected chi connectivity index (χ2v) is 9.47. The summed E-state index contributed by atoms with van der Waals surface area (Å²) in [5.41, 5.74) is -0.468. The van der Waals surface area contributed by atoms with Crippen molar-refractivity contribution >= 4 is 16.1 Å². The second kappa shape index (κ2) is 8.31. The smallest absolute Gasteiger partial charge is 0.460 e. The van der Waals surface area contributed by atoms with Gasteiger partial charge in [-0.25, -0.2) is 0 Å². The molecular weight excluding hydrogens is 529 g/mol. The third kappa shape index (κ3) is 4.47. The summed E-state index contributed by atoms with van der Waals surface area (Å²) in [6.45, 7) is 2.17. The van der Waals surface area contributed by atoms with Crippen LogP contribution in [0.5, 0.6) is 11.5 Å². The predicted octanol–water partition coefficient (Wildman–Crippen LogP) is 3.37. The molecule has 1 aromatic rings.